The Morgan fingerprint density at radius 2 is 1.60 bits per heavy atom. The van der Waals surface area contributed by atoms with E-state index in [1.54, 1.807) is 11.8 Å². The van der Waals surface area contributed by atoms with Crippen molar-refractivity contribution in [3.63, 3.8) is 0 Å². The Morgan fingerprint density at radius 1 is 0.886 bits per heavy atom. The van der Waals surface area contributed by atoms with E-state index in [0.717, 1.165) is 30.6 Å². The average molecular weight is 486 g/mol. The van der Waals surface area contributed by atoms with Crippen molar-refractivity contribution >= 4 is 29.3 Å². The summed E-state index contributed by atoms with van der Waals surface area (Å²) in [6, 6.07) is 26.4. The van der Waals surface area contributed by atoms with Gasteiger partial charge in [0, 0.05) is 37.4 Å². The summed E-state index contributed by atoms with van der Waals surface area (Å²) < 4.78 is 0. The molecule has 0 aliphatic carbocycles. The highest BCUT2D eigenvalue weighted by Crippen LogP contribution is 2.38. The normalized spacial score (nSPS) is 17.7. The van der Waals surface area contributed by atoms with Gasteiger partial charge in [-0.25, -0.2) is 0 Å². The second-order valence-corrected chi connectivity index (χ2v) is 10.2. The van der Waals surface area contributed by atoms with Crippen molar-refractivity contribution in [3.05, 3.63) is 101 Å². The molecular weight excluding hydrogens is 454 g/mol. The number of carbonyl (C=O) groups is 2. The molecule has 0 unspecified atom stereocenters. The molecule has 3 aromatic rings. The van der Waals surface area contributed by atoms with E-state index in [-0.39, 0.29) is 17.2 Å². The Morgan fingerprint density at radius 3 is 2.31 bits per heavy atom. The molecule has 2 aliphatic rings. The van der Waals surface area contributed by atoms with Gasteiger partial charge in [-0.05, 0) is 60.2 Å². The highest BCUT2D eigenvalue weighted by Gasteiger charge is 2.32. The molecule has 2 heterocycles. The molecule has 2 fully saturated rings. The van der Waals surface area contributed by atoms with Gasteiger partial charge in [-0.15, -0.1) is 11.8 Å². The molecule has 0 aromatic heterocycles. The maximum atomic E-state index is 12.7. The lowest BCUT2D eigenvalue weighted by Gasteiger charge is -2.24. The molecule has 1 N–H and O–H groups in total. The van der Waals surface area contributed by atoms with E-state index in [9.17, 15) is 9.59 Å². The van der Waals surface area contributed by atoms with E-state index in [1.807, 2.05) is 47.4 Å². The molecule has 180 valence electrons. The van der Waals surface area contributed by atoms with E-state index in [2.05, 4.69) is 46.6 Å². The zero-order valence-corrected chi connectivity index (χ0v) is 20.7. The number of anilines is 1. The molecule has 2 amide bonds. The lowest BCUT2D eigenvalue weighted by Crippen LogP contribution is -2.30. The molecule has 5 rings (SSSR count). The van der Waals surface area contributed by atoms with E-state index < -0.39 is 0 Å². The molecule has 0 spiro atoms. The summed E-state index contributed by atoms with van der Waals surface area (Å²) in [6.07, 6.45) is 3.36. The fourth-order valence-electron chi connectivity index (χ4n) is 4.75. The topological polar surface area (TPSA) is 52.7 Å². The van der Waals surface area contributed by atoms with Crippen molar-refractivity contribution in [1.82, 2.24) is 10.2 Å². The first-order chi connectivity index (χ1) is 17.2. The third-order valence-electron chi connectivity index (χ3n) is 6.77. The van der Waals surface area contributed by atoms with Crippen LogP contribution in [0.3, 0.4) is 0 Å². The minimum atomic E-state index is -0.0868. The number of hydrogen-bond donors (Lipinski definition) is 1. The van der Waals surface area contributed by atoms with Gasteiger partial charge in [-0.2, -0.15) is 0 Å². The van der Waals surface area contributed by atoms with Crippen LogP contribution in [0.4, 0.5) is 5.69 Å². The summed E-state index contributed by atoms with van der Waals surface area (Å²) in [6.45, 7) is 3.45. The van der Waals surface area contributed by atoms with Crippen LogP contribution in [0.1, 0.15) is 45.3 Å². The van der Waals surface area contributed by atoms with Crippen molar-refractivity contribution in [2.24, 2.45) is 0 Å². The molecule has 2 saturated heterocycles. The van der Waals surface area contributed by atoms with E-state index in [0.29, 0.717) is 24.4 Å². The molecular formula is C29H31N3O2S. The summed E-state index contributed by atoms with van der Waals surface area (Å²) in [5, 5.41) is 3.02. The fraction of sp³-hybridized carbons (Fsp3) is 0.310. The zero-order chi connectivity index (χ0) is 24.0. The molecule has 35 heavy (non-hydrogen) atoms. The van der Waals surface area contributed by atoms with Gasteiger partial charge in [-0.3, -0.25) is 9.59 Å². The van der Waals surface area contributed by atoms with E-state index in [4.69, 9.17) is 0 Å². The predicted molar refractivity (Wildman–Crippen MR) is 143 cm³/mol. The van der Waals surface area contributed by atoms with Crippen molar-refractivity contribution < 1.29 is 9.59 Å². The van der Waals surface area contributed by atoms with Crippen LogP contribution in [0.5, 0.6) is 0 Å². The Balaban J connectivity index is 1.16. The molecule has 0 radical (unpaired) electrons. The summed E-state index contributed by atoms with van der Waals surface area (Å²) >= 11 is 1.65. The molecule has 0 bridgehead atoms. The van der Waals surface area contributed by atoms with Crippen molar-refractivity contribution in [3.8, 4) is 0 Å². The Kier molecular flexibility index (Phi) is 7.38. The smallest absolute Gasteiger partial charge is 0.251 e. The first-order valence-electron chi connectivity index (χ1n) is 12.3. The highest BCUT2D eigenvalue weighted by atomic mass is 32.2. The largest absolute Gasteiger partial charge is 0.372 e. The van der Waals surface area contributed by atoms with Crippen molar-refractivity contribution in [1.29, 1.82) is 0 Å². The van der Waals surface area contributed by atoms with Gasteiger partial charge < -0.3 is 15.1 Å². The number of benzene rings is 3. The first kappa shape index (κ1) is 23.5. The summed E-state index contributed by atoms with van der Waals surface area (Å²) in [4.78, 5) is 29.6. The number of carbonyl (C=O) groups excluding carboxylic acids is 2. The van der Waals surface area contributed by atoms with Gasteiger partial charge >= 0.3 is 0 Å². The van der Waals surface area contributed by atoms with E-state index in [1.165, 1.54) is 24.1 Å². The molecule has 5 nitrogen and oxygen atoms in total. The van der Waals surface area contributed by atoms with Gasteiger partial charge in [0.05, 0.1) is 5.75 Å². The van der Waals surface area contributed by atoms with Crippen LogP contribution in [0.15, 0.2) is 78.9 Å². The number of amides is 2. The van der Waals surface area contributed by atoms with Crippen LogP contribution in [0.25, 0.3) is 0 Å². The van der Waals surface area contributed by atoms with Gasteiger partial charge in [0.1, 0.15) is 5.37 Å². The fourth-order valence-corrected chi connectivity index (χ4v) is 5.97. The lowest BCUT2D eigenvalue weighted by molar-refractivity contribution is -0.128. The second kappa shape index (κ2) is 11.0. The minimum Gasteiger partial charge on any atom is -0.372 e. The number of nitrogens with zero attached hydrogens (tertiary/aromatic N) is 2. The Labute approximate surface area is 211 Å². The van der Waals surface area contributed by atoms with Gasteiger partial charge in [0.25, 0.3) is 5.91 Å². The van der Waals surface area contributed by atoms with Crippen LogP contribution in [-0.2, 0) is 17.8 Å². The maximum Gasteiger partial charge on any atom is 0.251 e. The van der Waals surface area contributed by atoms with Crippen molar-refractivity contribution in [2.45, 2.75) is 31.2 Å². The molecule has 6 heteroatoms. The minimum absolute atomic E-state index is 0.00237. The van der Waals surface area contributed by atoms with Crippen LogP contribution in [0.2, 0.25) is 0 Å². The van der Waals surface area contributed by atoms with Gasteiger partial charge in [0.2, 0.25) is 5.91 Å². The quantitative estimate of drug-likeness (QED) is 0.486. The Hall–Kier alpha value is -3.25. The Bertz CT molecular complexity index is 1140. The summed E-state index contributed by atoms with van der Waals surface area (Å²) in [5.74, 6) is 0.586. The molecule has 3 aromatic carbocycles. The van der Waals surface area contributed by atoms with E-state index >= 15 is 0 Å². The van der Waals surface area contributed by atoms with Crippen LogP contribution >= 0.6 is 11.8 Å². The SMILES string of the molecule is O=C(NCc1ccc(N2CCCC2)cc1)c1ccc([C@@H]2SCC(=O)N2CCc2ccccc2)cc1. The standard InChI is InChI=1S/C29H31N3O2S/c33-27-21-35-29(32(27)19-16-22-6-2-1-3-7-22)25-12-10-24(11-13-25)28(34)30-20-23-8-14-26(15-9-23)31-17-4-5-18-31/h1-3,6-15,29H,4-5,16-21H2,(H,30,34)/t29-/m0/s1. The third kappa shape index (κ3) is 5.70. The van der Waals surface area contributed by atoms with Crippen molar-refractivity contribution in [2.75, 3.05) is 30.3 Å². The number of nitrogens with one attached hydrogen (secondary N) is 1. The monoisotopic (exact) mass is 485 g/mol. The lowest BCUT2D eigenvalue weighted by atomic mass is 10.1. The number of hydrogen-bond acceptors (Lipinski definition) is 4. The second-order valence-electron chi connectivity index (χ2n) is 9.15. The highest BCUT2D eigenvalue weighted by molar-refractivity contribution is 8.00. The van der Waals surface area contributed by atoms with Crippen LogP contribution in [-0.4, -0.2) is 42.1 Å². The molecule has 1 atom stereocenters. The van der Waals surface area contributed by atoms with Crippen LogP contribution in [0, 0.1) is 0 Å². The predicted octanol–water partition coefficient (Wildman–Crippen LogP) is 5.03. The summed E-state index contributed by atoms with van der Waals surface area (Å²) in [5.41, 5.74) is 5.27. The molecule has 0 saturated carbocycles. The average Bonchev–Trinajstić information content (AvgIpc) is 3.57. The van der Waals surface area contributed by atoms with Gasteiger partial charge in [-0.1, -0.05) is 54.6 Å². The summed E-state index contributed by atoms with van der Waals surface area (Å²) in [7, 11) is 0. The maximum absolute atomic E-state index is 12.7. The van der Waals surface area contributed by atoms with Crippen LogP contribution < -0.4 is 10.2 Å². The number of thioether (sulfide) groups is 1. The first-order valence-corrected chi connectivity index (χ1v) is 13.4. The number of rotatable bonds is 8. The molecule has 2 aliphatic heterocycles. The third-order valence-corrected chi connectivity index (χ3v) is 8.03. The van der Waals surface area contributed by atoms with Gasteiger partial charge in [0.15, 0.2) is 0 Å². The zero-order valence-electron chi connectivity index (χ0n) is 19.9.